The molecule has 2 aromatic rings. The van der Waals surface area contributed by atoms with E-state index in [2.05, 4.69) is 36.6 Å². The molecule has 1 heterocycles. The lowest BCUT2D eigenvalue weighted by Crippen LogP contribution is -1.84. The number of fused-ring (bicyclic) bond motifs is 1. The standard InChI is InChI=1S/C13H16S/c1-2-3-4-5-11-6-7-12-8-9-14-13(12)10-11/h6-10H,2-5H2,1H3. The summed E-state index contributed by atoms with van der Waals surface area (Å²) in [5, 5.41) is 3.55. The van der Waals surface area contributed by atoms with Gasteiger partial charge in [0.05, 0.1) is 0 Å². The molecule has 1 heteroatoms. The van der Waals surface area contributed by atoms with Crippen molar-refractivity contribution in [3.05, 3.63) is 35.2 Å². The van der Waals surface area contributed by atoms with Crippen LogP contribution in [0.25, 0.3) is 10.1 Å². The van der Waals surface area contributed by atoms with Crippen molar-refractivity contribution in [1.29, 1.82) is 0 Å². The third-order valence-corrected chi connectivity index (χ3v) is 3.47. The zero-order valence-corrected chi connectivity index (χ0v) is 9.44. The van der Waals surface area contributed by atoms with Gasteiger partial charge < -0.3 is 0 Å². The van der Waals surface area contributed by atoms with Crippen LogP contribution in [-0.4, -0.2) is 0 Å². The van der Waals surface area contributed by atoms with Gasteiger partial charge in [-0.3, -0.25) is 0 Å². The second-order valence-electron chi connectivity index (χ2n) is 3.75. The molecule has 0 aliphatic carbocycles. The van der Waals surface area contributed by atoms with E-state index < -0.39 is 0 Å². The van der Waals surface area contributed by atoms with Gasteiger partial charge in [0.2, 0.25) is 0 Å². The average molecular weight is 204 g/mol. The highest BCUT2D eigenvalue weighted by atomic mass is 32.1. The van der Waals surface area contributed by atoms with Crippen molar-refractivity contribution in [2.75, 3.05) is 0 Å². The number of unbranched alkanes of at least 4 members (excludes halogenated alkanes) is 2. The van der Waals surface area contributed by atoms with Gasteiger partial charge in [-0.2, -0.15) is 0 Å². The molecule has 1 aromatic carbocycles. The van der Waals surface area contributed by atoms with Gasteiger partial charge in [-0.1, -0.05) is 31.9 Å². The molecule has 0 fully saturated rings. The topological polar surface area (TPSA) is 0 Å². The fourth-order valence-electron chi connectivity index (χ4n) is 1.73. The van der Waals surface area contributed by atoms with Crippen LogP contribution in [0.15, 0.2) is 29.6 Å². The molecule has 0 atom stereocenters. The molecule has 74 valence electrons. The molecule has 0 nitrogen and oxygen atoms in total. The first kappa shape index (κ1) is 9.72. The van der Waals surface area contributed by atoms with Gasteiger partial charge in [-0.05, 0) is 41.3 Å². The minimum atomic E-state index is 1.24. The summed E-state index contributed by atoms with van der Waals surface area (Å²) in [6.07, 6.45) is 5.22. The fourth-order valence-corrected chi connectivity index (χ4v) is 2.59. The van der Waals surface area contributed by atoms with E-state index in [0.717, 1.165) is 0 Å². The Morgan fingerprint density at radius 1 is 1.14 bits per heavy atom. The maximum atomic E-state index is 2.34. The largest absolute Gasteiger partial charge is 0.144 e. The Hall–Kier alpha value is -0.820. The smallest absolute Gasteiger partial charge is 0.0345 e. The van der Waals surface area contributed by atoms with Crippen molar-refractivity contribution in [2.24, 2.45) is 0 Å². The summed E-state index contributed by atoms with van der Waals surface area (Å²) in [6, 6.07) is 9.04. The van der Waals surface area contributed by atoms with Crippen LogP contribution >= 0.6 is 11.3 Å². The molecule has 1 aromatic heterocycles. The lowest BCUT2D eigenvalue weighted by molar-refractivity contribution is 0.718. The zero-order chi connectivity index (χ0) is 9.80. The van der Waals surface area contributed by atoms with Crippen LogP contribution < -0.4 is 0 Å². The number of thiophene rings is 1. The van der Waals surface area contributed by atoms with Crippen molar-refractivity contribution in [1.82, 2.24) is 0 Å². The number of hydrogen-bond acceptors (Lipinski definition) is 1. The summed E-state index contributed by atoms with van der Waals surface area (Å²) < 4.78 is 1.43. The summed E-state index contributed by atoms with van der Waals surface area (Å²) in [7, 11) is 0. The Morgan fingerprint density at radius 3 is 2.93 bits per heavy atom. The Bertz CT molecular complexity index is 400. The number of aryl methyl sites for hydroxylation is 1. The van der Waals surface area contributed by atoms with E-state index in [4.69, 9.17) is 0 Å². The highest BCUT2D eigenvalue weighted by molar-refractivity contribution is 7.17. The molecule has 0 bridgehead atoms. The predicted molar refractivity (Wildman–Crippen MR) is 65.1 cm³/mol. The van der Waals surface area contributed by atoms with Crippen molar-refractivity contribution < 1.29 is 0 Å². The van der Waals surface area contributed by atoms with E-state index in [1.807, 2.05) is 11.3 Å². The van der Waals surface area contributed by atoms with E-state index in [-0.39, 0.29) is 0 Å². The van der Waals surface area contributed by atoms with Crippen LogP contribution in [0.1, 0.15) is 31.7 Å². The molecular weight excluding hydrogens is 188 g/mol. The second-order valence-corrected chi connectivity index (χ2v) is 4.70. The summed E-state index contributed by atoms with van der Waals surface area (Å²) in [5.74, 6) is 0. The summed E-state index contributed by atoms with van der Waals surface area (Å²) >= 11 is 1.84. The molecule has 0 aliphatic rings. The van der Waals surface area contributed by atoms with Gasteiger partial charge in [0, 0.05) is 4.70 Å². The minimum absolute atomic E-state index is 1.24. The normalized spacial score (nSPS) is 10.9. The molecule has 0 saturated carbocycles. The SMILES string of the molecule is CCCCCc1ccc2ccsc2c1. The first-order valence-electron chi connectivity index (χ1n) is 5.36. The molecule has 0 N–H and O–H groups in total. The van der Waals surface area contributed by atoms with Gasteiger partial charge in [0.15, 0.2) is 0 Å². The third kappa shape index (κ3) is 2.16. The molecule has 0 amide bonds. The van der Waals surface area contributed by atoms with Crippen molar-refractivity contribution in [2.45, 2.75) is 32.6 Å². The zero-order valence-electron chi connectivity index (χ0n) is 8.62. The highest BCUT2D eigenvalue weighted by Gasteiger charge is 1.97. The lowest BCUT2D eigenvalue weighted by Gasteiger charge is -2.00. The van der Waals surface area contributed by atoms with Crippen LogP contribution in [0.5, 0.6) is 0 Å². The van der Waals surface area contributed by atoms with Crippen molar-refractivity contribution >= 4 is 21.4 Å². The first-order chi connectivity index (χ1) is 6.90. The number of benzene rings is 1. The summed E-state index contributed by atoms with van der Waals surface area (Å²) in [4.78, 5) is 0. The molecule has 0 spiro atoms. The van der Waals surface area contributed by atoms with Crippen LogP contribution in [0.4, 0.5) is 0 Å². The minimum Gasteiger partial charge on any atom is -0.144 e. The molecule has 2 rings (SSSR count). The van der Waals surface area contributed by atoms with E-state index in [1.165, 1.54) is 41.3 Å². The van der Waals surface area contributed by atoms with E-state index >= 15 is 0 Å². The van der Waals surface area contributed by atoms with Crippen molar-refractivity contribution in [3.8, 4) is 0 Å². The monoisotopic (exact) mass is 204 g/mol. The van der Waals surface area contributed by atoms with Crippen LogP contribution in [0, 0.1) is 0 Å². The Balaban J connectivity index is 2.10. The fraction of sp³-hybridized carbons (Fsp3) is 0.385. The van der Waals surface area contributed by atoms with Crippen LogP contribution in [-0.2, 0) is 6.42 Å². The second kappa shape index (κ2) is 4.61. The van der Waals surface area contributed by atoms with Crippen LogP contribution in [0.3, 0.4) is 0 Å². The maximum Gasteiger partial charge on any atom is 0.0345 e. The van der Waals surface area contributed by atoms with Gasteiger partial charge in [0.25, 0.3) is 0 Å². The molecule has 14 heavy (non-hydrogen) atoms. The van der Waals surface area contributed by atoms with E-state index in [0.29, 0.717) is 0 Å². The van der Waals surface area contributed by atoms with Gasteiger partial charge >= 0.3 is 0 Å². The van der Waals surface area contributed by atoms with E-state index in [1.54, 1.807) is 0 Å². The quantitative estimate of drug-likeness (QED) is 0.637. The molecular formula is C13H16S. The van der Waals surface area contributed by atoms with E-state index in [9.17, 15) is 0 Å². The molecule has 0 unspecified atom stereocenters. The predicted octanol–water partition coefficient (Wildman–Crippen LogP) is 4.63. The Kier molecular flexibility index (Phi) is 3.20. The lowest BCUT2D eigenvalue weighted by atomic mass is 10.1. The Labute approximate surface area is 89.6 Å². The summed E-state index contributed by atoms with van der Waals surface area (Å²) in [6.45, 7) is 2.25. The highest BCUT2D eigenvalue weighted by Crippen LogP contribution is 2.22. The van der Waals surface area contributed by atoms with Gasteiger partial charge in [-0.15, -0.1) is 11.3 Å². The average Bonchev–Trinajstić information content (AvgIpc) is 2.65. The van der Waals surface area contributed by atoms with Crippen molar-refractivity contribution in [3.63, 3.8) is 0 Å². The maximum absolute atomic E-state index is 2.34. The number of hydrogen-bond donors (Lipinski definition) is 0. The number of rotatable bonds is 4. The molecule has 0 saturated heterocycles. The Morgan fingerprint density at radius 2 is 2.07 bits per heavy atom. The third-order valence-electron chi connectivity index (χ3n) is 2.59. The summed E-state index contributed by atoms with van der Waals surface area (Å²) in [5.41, 5.74) is 1.49. The van der Waals surface area contributed by atoms with Crippen LogP contribution in [0.2, 0.25) is 0 Å². The van der Waals surface area contributed by atoms with Gasteiger partial charge in [-0.25, -0.2) is 0 Å². The molecule has 0 radical (unpaired) electrons. The molecule has 0 aliphatic heterocycles. The van der Waals surface area contributed by atoms with Gasteiger partial charge in [0.1, 0.15) is 0 Å². The first-order valence-corrected chi connectivity index (χ1v) is 6.24.